The Bertz CT molecular complexity index is 555. The molecule has 2 N–H and O–H groups in total. The van der Waals surface area contributed by atoms with Gasteiger partial charge in [-0.2, -0.15) is 0 Å². The number of aliphatic hydroxyl groups is 1. The number of aryl methyl sites for hydroxylation is 1. The van der Waals surface area contributed by atoms with Crippen molar-refractivity contribution in [3.05, 3.63) is 34.9 Å². The molecule has 0 aliphatic carbocycles. The number of esters is 1. The van der Waals surface area contributed by atoms with Gasteiger partial charge >= 0.3 is 5.97 Å². The lowest BCUT2D eigenvalue weighted by atomic mass is 10.0. The molecule has 0 saturated carbocycles. The highest BCUT2D eigenvalue weighted by Gasteiger charge is 2.09. The summed E-state index contributed by atoms with van der Waals surface area (Å²) in [6.45, 7) is 1.72. The van der Waals surface area contributed by atoms with Crippen LogP contribution < -0.4 is 5.32 Å². The van der Waals surface area contributed by atoms with Gasteiger partial charge in [-0.05, 0) is 24.6 Å². The zero-order valence-electron chi connectivity index (χ0n) is 11.5. The maximum absolute atomic E-state index is 11.9. The first-order valence-corrected chi connectivity index (χ1v) is 6.14. The molecule has 5 nitrogen and oxygen atoms in total. The third-order valence-electron chi connectivity index (χ3n) is 2.58. The molecule has 0 saturated heterocycles. The summed E-state index contributed by atoms with van der Waals surface area (Å²) >= 11 is 0. The lowest BCUT2D eigenvalue weighted by Gasteiger charge is -2.05. The molecule has 1 rings (SSSR count). The average Bonchev–Trinajstić information content (AvgIpc) is 2.46. The fraction of sp³-hybridized carbons (Fsp3) is 0.333. The van der Waals surface area contributed by atoms with E-state index in [1.807, 2.05) is 6.92 Å². The first-order valence-electron chi connectivity index (χ1n) is 6.14. The Morgan fingerprint density at radius 1 is 1.40 bits per heavy atom. The molecule has 0 aromatic heterocycles. The van der Waals surface area contributed by atoms with Crippen molar-refractivity contribution in [1.29, 1.82) is 0 Å². The number of ether oxygens (including phenoxy) is 1. The van der Waals surface area contributed by atoms with Gasteiger partial charge in [0.2, 0.25) is 0 Å². The van der Waals surface area contributed by atoms with Crippen LogP contribution in [0.4, 0.5) is 0 Å². The highest BCUT2D eigenvalue weighted by atomic mass is 16.5. The Morgan fingerprint density at radius 3 is 2.80 bits per heavy atom. The second-order valence-corrected chi connectivity index (χ2v) is 4.06. The van der Waals surface area contributed by atoms with Crippen molar-refractivity contribution < 1.29 is 19.4 Å². The molecule has 0 fully saturated rings. The van der Waals surface area contributed by atoms with Crippen molar-refractivity contribution in [2.45, 2.75) is 13.3 Å². The Balaban J connectivity index is 2.81. The van der Waals surface area contributed by atoms with Crippen LogP contribution in [-0.2, 0) is 9.53 Å². The van der Waals surface area contributed by atoms with Gasteiger partial charge in [-0.1, -0.05) is 17.9 Å². The number of methoxy groups -OCH3 is 1. The molecule has 1 aromatic carbocycles. The number of carbonyl (C=O) groups excluding carboxylic acids is 2. The van der Waals surface area contributed by atoms with E-state index in [1.165, 1.54) is 7.11 Å². The number of rotatable bonds is 4. The molecule has 106 valence electrons. The minimum atomic E-state index is -0.506. The van der Waals surface area contributed by atoms with Gasteiger partial charge < -0.3 is 15.2 Å². The highest BCUT2D eigenvalue weighted by molar-refractivity contribution is 5.96. The van der Waals surface area contributed by atoms with Crippen LogP contribution in [0.2, 0.25) is 0 Å². The number of hydrogen-bond donors (Lipinski definition) is 2. The van der Waals surface area contributed by atoms with Crippen LogP contribution in [0.15, 0.2) is 18.2 Å². The van der Waals surface area contributed by atoms with E-state index >= 15 is 0 Å². The minimum Gasteiger partial charge on any atom is -0.468 e. The second kappa shape index (κ2) is 7.97. The Labute approximate surface area is 117 Å². The molecule has 0 heterocycles. The molecule has 1 amide bonds. The van der Waals surface area contributed by atoms with Crippen LogP contribution in [0, 0.1) is 18.8 Å². The van der Waals surface area contributed by atoms with Crippen molar-refractivity contribution >= 4 is 11.9 Å². The maximum Gasteiger partial charge on any atom is 0.325 e. The van der Waals surface area contributed by atoms with Crippen molar-refractivity contribution in [2.24, 2.45) is 0 Å². The quantitative estimate of drug-likeness (QED) is 0.624. The Morgan fingerprint density at radius 2 is 2.15 bits per heavy atom. The molecule has 0 bridgehead atoms. The number of aliphatic hydroxyl groups excluding tert-OH is 1. The zero-order valence-corrected chi connectivity index (χ0v) is 11.5. The summed E-state index contributed by atoms with van der Waals surface area (Å²) in [5, 5.41) is 11.2. The summed E-state index contributed by atoms with van der Waals surface area (Å²) in [5.41, 5.74) is 2.09. The number of benzene rings is 1. The molecule has 0 aliphatic rings. The maximum atomic E-state index is 11.9. The third kappa shape index (κ3) is 4.75. The van der Waals surface area contributed by atoms with Crippen molar-refractivity contribution in [1.82, 2.24) is 5.32 Å². The second-order valence-electron chi connectivity index (χ2n) is 4.06. The molecule has 1 aromatic rings. The Hall–Kier alpha value is -2.32. The van der Waals surface area contributed by atoms with Crippen LogP contribution in [0.25, 0.3) is 0 Å². The monoisotopic (exact) mass is 275 g/mol. The SMILES string of the molecule is COC(=O)CNC(=O)c1ccc(C)c(C#CCCO)c1. The van der Waals surface area contributed by atoms with Crippen LogP contribution in [0.5, 0.6) is 0 Å². The van der Waals surface area contributed by atoms with Crippen LogP contribution in [0.1, 0.15) is 27.9 Å². The van der Waals surface area contributed by atoms with E-state index in [0.717, 1.165) is 11.1 Å². The molecule has 0 aliphatic heterocycles. The number of amides is 1. The summed E-state index contributed by atoms with van der Waals surface area (Å²) < 4.78 is 4.45. The van der Waals surface area contributed by atoms with Gasteiger partial charge in [-0.25, -0.2) is 0 Å². The summed E-state index contributed by atoms with van der Waals surface area (Å²) in [6, 6.07) is 5.11. The molecule has 5 heteroatoms. The van der Waals surface area contributed by atoms with E-state index in [9.17, 15) is 9.59 Å². The number of hydrogen-bond acceptors (Lipinski definition) is 4. The van der Waals surface area contributed by atoms with Gasteiger partial charge in [0.15, 0.2) is 0 Å². The lowest BCUT2D eigenvalue weighted by Crippen LogP contribution is -2.30. The van der Waals surface area contributed by atoms with Crippen molar-refractivity contribution in [2.75, 3.05) is 20.3 Å². The van der Waals surface area contributed by atoms with E-state index in [0.29, 0.717) is 12.0 Å². The first-order chi connectivity index (χ1) is 9.58. The molecule has 0 atom stereocenters. The van der Waals surface area contributed by atoms with Gasteiger partial charge in [-0.3, -0.25) is 9.59 Å². The molecular weight excluding hydrogens is 258 g/mol. The molecule has 0 radical (unpaired) electrons. The summed E-state index contributed by atoms with van der Waals surface area (Å²) in [4.78, 5) is 22.8. The molecular formula is C15H17NO4. The zero-order chi connectivity index (χ0) is 15.0. The van der Waals surface area contributed by atoms with E-state index in [2.05, 4.69) is 21.9 Å². The van der Waals surface area contributed by atoms with Crippen LogP contribution in [-0.4, -0.2) is 37.2 Å². The smallest absolute Gasteiger partial charge is 0.325 e. The van der Waals surface area contributed by atoms with E-state index in [1.54, 1.807) is 18.2 Å². The number of carbonyl (C=O) groups is 2. The molecule has 0 unspecified atom stereocenters. The van der Waals surface area contributed by atoms with Gasteiger partial charge in [0, 0.05) is 17.5 Å². The predicted octanol–water partition coefficient (Wildman–Crippen LogP) is 0.632. The Kier molecular flexibility index (Phi) is 6.27. The lowest BCUT2D eigenvalue weighted by molar-refractivity contribution is -0.139. The van der Waals surface area contributed by atoms with E-state index in [4.69, 9.17) is 5.11 Å². The predicted molar refractivity (Wildman–Crippen MR) is 74.1 cm³/mol. The van der Waals surface area contributed by atoms with E-state index < -0.39 is 5.97 Å². The van der Waals surface area contributed by atoms with Gasteiger partial charge in [0.25, 0.3) is 5.91 Å². The van der Waals surface area contributed by atoms with Gasteiger partial charge in [0.05, 0.1) is 13.7 Å². The summed E-state index contributed by atoms with van der Waals surface area (Å²) in [6.07, 6.45) is 0.387. The summed E-state index contributed by atoms with van der Waals surface area (Å²) in [7, 11) is 1.26. The standard InChI is InChI=1S/C15H17NO4/c1-11-6-7-13(9-12(11)5-3-4-8-17)15(19)16-10-14(18)20-2/h6-7,9,17H,4,8,10H2,1-2H3,(H,16,19). The normalized spacial score (nSPS) is 9.35. The van der Waals surface area contributed by atoms with Gasteiger partial charge in [-0.15, -0.1) is 0 Å². The first kappa shape index (κ1) is 15.7. The fourth-order valence-electron chi connectivity index (χ4n) is 1.44. The van der Waals surface area contributed by atoms with Gasteiger partial charge in [0.1, 0.15) is 6.54 Å². The number of nitrogens with one attached hydrogen (secondary N) is 1. The minimum absolute atomic E-state index is 0.00531. The average molecular weight is 275 g/mol. The van der Waals surface area contributed by atoms with Crippen molar-refractivity contribution in [3.8, 4) is 11.8 Å². The fourth-order valence-corrected chi connectivity index (χ4v) is 1.44. The van der Waals surface area contributed by atoms with Crippen LogP contribution in [0.3, 0.4) is 0 Å². The largest absolute Gasteiger partial charge is 0.468 e. The highest BCUT2D eigenvalue weighted by Crippen LogP contribution is 2.10. The van der Waals surface area contributed by atoms with Crippen molar-refractivity contribution in [3.63, 3.8) is 0 Å². The van der Waals surface area contributed by atoms with E-state index in [-0.39, 0.29) is 19.1 Å². The van der Waals surface area contributed by atoms with Crippen LogP contribution >= 0.6 is 0 Å². The summed E-state index contributed by atoms with van der Waals surface area (Å²) in [5.74, 6) is 4.85. The topological polar surface area (TPSA) is 75.6 Å². The molecule has 0 spiro atoms. The molecule has 20 heavy (non-hydrogen) atoms. The third-order valence-corrected chi connectivity index (χ3v) is 2.58.